The summed E-state index contributed by atoms with van der Waals surface area (Å²) in [6, 6.07) is 23.8. The highest BCUT2D eigenvalue weighted by Gasteiger charge is 2.24. The maximum absolute atomic E-state index is 13.7. The molecule has 4 aromatic rings. The highest BCUT2D eigenvalue weighted by molar-refractivity contribution is 6.11. The molecule has 0 aliphatic rings. The van der Waals surface area contributed by atoms with Crippen LogP contribution in [0.15, 0.2) is 79.0 Å². The van der Waals surface area contributed by atoms with Gasteiger partial charge in [0.1, 0.15) is 0 Å². The molecular formula is C29H28N4O3. The van der Waals surface area contributed by atoms with Gasteiger partial charge >= 0.3 is 0 Å². The number of benzene rings is 3. The number of rotatable bonds is 10. The first-order chi connectivity index (χ1) is 17.5. The topological polar surface area (TPSA) is 118 Å². The van der Waals surface area contributed by atoms with Crippen molar-refractivity contribution in [1.29, 1.82) is 5.26 Å². The molecule has 4 N–H and O–H groups in total. The minimum absolute atomic E-state index is 0.0708. The Kier molecular flexibility index (Phi) is 7.91. The number of hydrogen-bond donors (Lipinski definition) is 4. The van der Waals surface area contributed by atoms with Gasteiger partial charge in [0.15, 0.2) is 5.78 Å². The van der Waals surface area contributed by atoms with Crippen LogP contribution < -0.4 is 10.6 Å². The molecule has 1 aromatic heterocycles. The number of aliphatic hydroxyl groups is 1. The standard InChI is InChI=1S/C29H28N4O3/c1-19(34)17-33-29(36)23-11-12-24-25(18-32-26(24)15-23)28(35)27(22-5-3-2-4-6-22)31-14-13-20-7-9-21(16-30)10-8-20/h2-12,15,18-19,27,31-32,34H,13-14,17H2,1H3,(H,33,36)/t19-,27+/m0/s1. The predicted molar refractivity (Wildman–Crippen MR) is 139 cm³/mol. The smallest absolute Gasteiger partial charge is 0.251 e. The van der Waals surface area contributed by atoms with Crippen molar-refractivity contribution in [2.75, 3.05) is 13.1 Å². The van der Waals surface area contributed by atoms with Gasteiger partial charge in [0, 0.05) is 41.3 Å². The zero-order valence-electron chi connectivity index (χ0n) is 20.0. The van der Waals surface area contributed by atoms with Crippen molar-refractivity contribution in [3.05, 3.63) is 107 Å². The second-order valence-corrected chi connectivity index (χ2v) is 8.74. The number of nitrogens with zero attached hydrogens (tertiary/aromatic N) is 1. The number of Topliss-reactive ketones (excluding diaryl/α,β-unsaturated/α-hetero) is 1. The summed E-state index contributed by atoms with van der Waals surface area (Å²) < 4.78 is 0. The van der Waals surface area contributed by atoms with Gasteiger partial charge in [-0.25, -0.2) is 0 Å². The number of aromatic amines is 1. The van der Waals surface area contributed by atoms with Crippen molar-refractivity contribution in [3.8, 4) is 6.07 Å². The number of aromatic nitrogens is 1. The average Bonchev–Trinajstić information content (AvgIpc) is 3.33. The van der Waals surface area contributed by atoms with E-state index in [1.54, 1.807) is 43.5 Å². The normalized spacial score (nSPS) is 12.6. The van der Waals surface area contributed by atoms with E-state index in [1.807, 2.05) is 42.5 Å². The molecule has 182 valence electrons. The molecule has 0 spiro atoms. The summed E-state index contributed by atoms with van der Waals surface area (Å²) in [5.41, 5.74) is 4.24. The molecule has 4 rings (SSSR count). The highest BCUT2D eigenvalue weighted by Crippen LogP contribution is 2.26. The van der Waals surface area contributed by atoms with Crippen molar-refractivity contribution in [2.24, 2.45) is 0 Å². The summed E-state index contributed by atoms with van der Waals surface area (Å²) in [4.78, 5) is 29.2. The Morgan fingerprint density at radius 3 is 2.50 bits per heavy atom. The first-order valence-electron chi connectivity index (χ1n) is 11.8. The summed E-state index contributed by atoms with van der Waals surface area (Å²) in [6.45, 7) is 2.35. The van der Waals surface area contributed by atoms with E-state index in [1.165, 1.54) is 0 Å². The molecule has 0 aliphatic heterocycles. The van der Waals surface area contributed by atoms with Crippen LogP contribution in [0.1, 0.15) is 50.4 Å². The lowest BCUT2D eigenvalue weighted by molar-refractivity contribution is 0.0922. The molecule has 7 nitrogen and oxygen atoms in total. The fourth-order valence-electron chi connectivity index (χ4n) is 4.08. The molecular weight excluding hydrogens is 452 g/mol. The second kappa shape index (κ2) is 11.5. The first-order valence-corrected chi connectivity index (χ1v) is 11.8. The predicted octanol–water partition coefficient (Wildman–Crippen LogP) is 3.91. The molecule has 1 amide bonds. The highest BCUT2D eigenvalue weighted by atomic mass is 16.3. The minimum Gasteiger partial charge on any atom is -0.392 e. The van der Waals surface area contributed by atoms with E-state index in [2.05, 4.69) is 21.7 Å². The summed E-state index contributed by atoms with van der Waals surface area (Å²) >= 11 is 0. The summed E-state index contributed by atoms with van der Waals surface area (Å²) in [5, 5.41) is 25.2. The first kappa shape index (κ1) is 24.9. The van der Waals surface area contributed by atoms with Gasteiger partial charge in [-0.1, -0.05) is 48.5 Å². The van der Waals surface area contributed by atoms with Gasteiger partial charge in [0.25, 0.3) is 5.91 Å². The molecule has 1 heterocycles. The number of amides is 1. The van der Waals surface area contributed by atoms with E-state index < -0.39 is 12.1 Å². The van der Waals surface area contributed by atoms with Crippen LogP contribution in [0.5, 0.6) is 0 Å². The summed E-state index contributed by atoms with van der Waals surface area (Å²) in [5.74, 6) is -0.356. The van der Waals surface area contributed by atoms with Gasteiger partial charge < -0.3 is 20.7 Å². The molecule has 7 heteroatoms. The molecule has 0 radical (unpaired) electrons. The van der Waals surface area contributed by atoms with Gasteiger partial charge in [-0.2, -0.15) is 5.26 Å². The second-order valence-electron chi connectivity index (χ2n) is 8.74. The third kappa shape index (κ3) is 5.87. The molecule has 0 saturated heterocycles. The Hall–Kier alpha value is -4.25. The zero-order chi connectivity index (χ0) is 25.5. The number of nitrogens with one attached hydrogen (secondary N) is 3. The number of carbonyl (C=O) groups is 2. The molecule has 3 aromatic carbocycles. The van der Waals surface area contributed by atoms with Crippen molar-refractivity contribution in [3.63, 3.8) is 0 Å². The van der Waals surface area contributed by atoms with Crippen LogP contribution in [0.25, 0.3) is 10.9 Å². The van der Waals surface area contributed by atoms with Gasteiger partial charge in [0.05, 0.1) is 23.8 Å². The van der Waals surface area contributed by atoms with Crippen LogP contribution in [-0.4, -0.2) is 41.0 Å². The van der Waals surface area contributed by atoms with Crippen LogP contribution in [-0.2, 0) is 6.42 Å². The van der Waals surface area contributed by atoms with E-state index in [-0.39, 0.29) is 18.2 Å². The van der Waals surface area contributed by atoms with Crippen molar-refractivity contribution >= 4 is 22.6 Å². The van der Waals surface area contributed by atoms with E-state index in [0.717, 1.165) is 16.5 Å². The van der Waals surface area contributed by atoms with E-state index in [0.29, 0.717) is 35.2 Å². The summed E-state index contributed by atoms with van der Waals surface area (Å²) in [6.07, 6.45) is 1.76. The number of H-pyrrole nitrogens is 1. The fraction of sp³-hybridized carbons (Fsp3) is 0.207. The van der Waals surface area contributed by atoms with Crippen molar-refractivity contribution < 1.29 is 14.7 Å². The molecule has 0 saturated carbocycles. The maximum Gasteiger partial charge on any atom is 0.251 e. The monoisotopic (exact) mass is 480 g/mol. The third-order valence-corrected chi connectivity index (χ3v) is 6.01. The molecule has 0 fully saturated rings. The molecule has 0 unspecified atom stereocenters. The molecule has 36 heavy (non-hydrogen) atoms. The van der Waals surface area contributed by atoms with Crippen LogP contribution >= 0.6 is 0 Å². The maximum atomic E-state index is 13.7. The van der Waals surface area contributed by atoms with Gasteiger partial charge in [0.2, 0.25) is 0 Å². The Morgan fingerprint density at radius 1 is 1.06 bits per heavy atom. The van der Waals surface area contributed by atoms with E-state index in [4.69, 9.17) is 5.26 Å². The lowest BCUT2D eigenvalue weighted by Gasteiger charge is -2.18. The Labute approximate surface area is 209 Å². The minimum atomic E-state index is -0.633. The number of fused-ring (bicyclic) bond motifs is 1. The number of ketones is 1. The zero-order valence-corrected chi connectivity index (χ0v) is 20.0. The molecule has 0 aliphatic carbocycles. The third-order valence-electron chi connectivity index (χ3n) is 6.01. The van der Waals surface area contributed by atoms with Crippen LogP contribution in [0.3, 0.4) is 0 Å². The van der Waals surface area contributed by atoms with Crippen LogP contribution in [0, 0.1) is 11.3 Å². The molecule has 2 atom stereocenters. The largest absolute Gasteiger partial charge is 0.392 e. The Bertz CT molecular complexity index is 1390. The molecule has 0 bridgehead atoms. The summed E-state index contributed by atoms with van der Waals surface area (Å²) in [7, 11) is 0. The van der Waals surface area contributed by atoms with Crippen molar-refractivity contribution in [2.45, 2.75) is 25.5 Å². The number of aliphatic hydroxyl groups excluding tert-OH is 1. The van der Waals surface area contributed by atoms with Crippen LogP contribution in [0.2, 0.25) is 0 Å². The average molecular weight is 481 g/mol. The lowest BCUT2D eigenvalue weighted by Crippen LogP contribution is -2.30. The van der Waals surface area contributed by atoms with Gasteiger partial charge in [-0.15, -0.1) is 0 Å². The SMILES string of the molecule is C[C@H](O)CNC(=O)c1ccc2c(C(=O)[C@H](NCCc3ccc(C#N)cc3)c3ccccc3)c[nH]c2c1. The number of nitriles is 1. The lowest BCUT2D eigenvalue weighted by atomic mass is 9.96. The number of carbonyl (C=O) groups excluding carboxylic acids is 2. The Morgan fingerprint density at radius 2 is 1.81 bits per heavy atom. The number of hydrogen-bond acceptors (Lipinski definition) is 5. The van der Waals surface area contributed by atoms with E-state index in [9.17, 15) is 14.7 Å². The quantitative estimate of drug-likeness (QED) is 0.257. The van der Waals surface area contributed by atoms with E-state index >= 15 is 0 Å². The van der Waals surface area contributed by atoms with Gasteiger partial charge in [-0.05, 0) is 48.7 Å². The van der Waals surface area contributed by atoms with Gasteiger partial charge in [-0.3, -0.25) is 9.59 Å². The Balaban J connectivity index is 1.53. The van der Waals surface area contributed by atoms with Crippen molar-refractivity contribution in [1.82, 2.24) is 15.6 Å². The fourth-order valence-corrected chi connectivity index (χ4v) is 4.08. The van der Waals surface area contributed by atoms with Crippen LogP contribution in [0.4, 0.5) is 0 Å².